The molecule has 0 saturated carbocycles. The summed E-state index contributed by atoms with van der Waals surface area (Å²) in [5.41, 5.74) is 10.9. The van der Waals surface area contributed by atoms with Crippen LogP contribution in [0.15, 0.2) is 91.0 Å². The topological polar surface area (TPSA) is 48.0 Å². The van der Waals surface area contributed by atoms with E-state index in [0.29, 0.717) is 19.6 Å². The molecular weight excluding hydrogens is 546 g/mol. The molecule has 0 bridgehead atoms. The molecule has 5 heteroatoms. The molecule has 0 spiro atoms. The summed E-state index contributed by atoms with van der Waals surface area (Å²) < 4.78 is 16.7. The van der Waals surface area contributed by atoms with Crippen molar-refractivity contribution in [2.75, 3.05) is 33.9 Å². The lowest BCUT2D eigenvalue weighted by Gasteiger charge is -2.31. The van der Waals surface area contributed by atoms with E-state index < -0.39 is 6.10 Å². The van der Waals surface area contributed by atoms with Crippen molar-refractivity contribution in [2.45, 2.75) is 58.1 Å². The minimum absolute atomic E-state index is 0.166. The van der Waals surface area contributed by atoms with E-state index >= 15 is 0 Å². The number of carbonyl (C=O) groups excluding carboxylic acids is 1. The maximum Gasteiger partial charge on any atom is 0.335 e. The first-order chi connectivity index (χ1) is 21.5. The predicted molar refractivity (Wildman–Crippen MR) is 176 cm³/mol. The largest absolute Gasteiger partial charge is 0.492 e. The Bertz CT molecular complexity index is 1520. The van der Waals surface area contributed by atoms with Gasteiger partial charge in [0.05, 0.1) is 12.6 Å². The number of esters is 1. The van der Waals surface area contributed by atoms with Gasteiger partial charge in [-0.1, -0.05) is 84.4 Å². The second kappa shape index (κ2) is 15.2. The van der Waals surface area contributed by atoms with E-state index in [-0.39, 0.29) is 12.0 Å². The van der Waals surface area contributed by atoms with Gasteiger partial charge in [-0.15, -0.1) is 0 Å². The Kier molecular flexibility index (Phi) is 10.9. The van der Waals surface area contributed by atoms with E-state index in [0.717, 1.165) is 43.5 Å². The van der Waals surface area contributed by atoms with Crippen LogP contribution in [0.5, 0.6) is 5.75 Å². The van der Waals surface area contributed by atoms with Gasteiger partial charge < -0.3 is 14.2 Å². The van der Waals surface area contributed by atoms with Gasteiger partial charge in [0.15, 0.2) is 6.10 Å². The summed E-state index contributed by atoms with van der Waals surface area (Å²) in [7, 11) is 3.75. The maximum absolute atomic E-state index is 12.1. The summed E-state index contributed by atoms with van der Waals surface area (Å²) in [4.78, 5) is 14.5. The van der Waals surface area contributed by atoms with Gasteiger partial charge in [0.2, 0.25) is 0 Å². The van der Waals surface area contributed by atoms with Crippen LogP contribution in [-0.4, -0.2) is 50.9 Å². The van der Waals surface area contributed by atoms with Crippen molar-refractivity contribution in [1.29, 1.82) is 0 Å². The molecule has 0 N–H and O–H groups in total. The van der Waals surface area contributed by atoms with Gasteiger partial charge in [0.25, 0.3) is 0 Å². The Morgan fingerprint density at radius 1 is 0.886 bits per heavy atom. The molecule has 4 aromatic carbocycles. The van der Waals surface area contributed by atoms with Crippen LogP contribution in [0.2, 0.25) is 0 Å². The molecule has 0 amide bonds. The number of benzene rings is 4. The van der Waals surface area contributed by atoms with Crippen molar-refractivity contribution in [3.63, 3.8) is 0 Å². The summed E-state index contributed by atoms with van der Waals surface area (Å²) >= 11 is 0. The van der Waals surface area contributed by atoms with Gasteiger partial charge in [-0.2, -0.15) is 0 Å². The van der Waals surface area contributed by atoms with Gasteiger partial charge >= 0.3 is 5.97 Å². The third-order valence-electron chi connectivity index (χ3n) is 8.70. The molecule has 2 atom stereocenters. The first-order valence-corrected chi connectivity index (χ1v) is 15.8. The highest BCUT2D eigenvalue weighted by Crippen LogP contribution is 2.38. The number of likely N-dealkylation sites (N-methyl/N-ethyl adjacent to an activating group) is 1. The number of carbonyl (C=O) groups is 1. The number of nitrogens with zero attached hydrogens (tertiary/aromatic N) is 1. The van der Waals surface area contributed by atoms with Gasteiger partial charge in [0.1, 0.15) is 12.4 Å². The van der Waals surface area contributed by atoms with E-state index in [4.69, 9.17) is 14.2 Å². The summed E-state index contributed by atoms with van der Waals surface area (Å²) in [5, 5.41) is 0. The van der Waals surface area contributed by atoms with Gasteiger partial charge in [0, 0.05) is 20.1 Å². The number of methoxy groups -OCH3 is 1. The SMILES string of the molecule is CCOC(=O)C(Cc1ccc(OCCN(C)C2c3ccc(C)cc3CCc3c(CCc4ccccc4)cccc32)cc1)OC. The summed E-state index contributed by atoms with van der Waals surface area (Å²) in [5.74, 6) is 0.478. The van der Waals surface area contributed by atoms with Crippen molar-refractivity contribution < 1.29 is 19.0 Å². The fourth-order valence-corrected chi connectivity index (χ4v) is 6.36. The number of hydrogen-bond donors (Lipinski definition) is 0. The molecule has 0 radical (unpaired) electrons. The number of aryl methyl sites for hydroxylation is 4. The summed E-state index contributed by atoms with van der Waals surface area (Å²) in [6.07, 6.45) is 4.06. The van der Waals surface area contributed by atoms with Crippen LogP contribution < -0.4 is 4.74 Å². The first-order valence-electron chi connectivity index (χ1n) is 15.8. The molecule has 0 aliphatic heterocycles. The highest BCUT2D eigenvalue weighted by molar-refractivity contribution is 5.75. The molecular formula is C39H45NO4. The van der Waals surface area contributed by atoms with Gasteiger partial charge in [-0.05, 0) is 97.7 Å². The van der Waals surface area contributed by atoms with E-state index in [1.165, 1.54) is 46.1 Å². The fraction of sp³-hybridized carbons (Fsp3) is 0.359. The minimum atomic E-state index is -0.608. The predicted octanol–water partition coefficient (Wildman–Crippen LogP) is 7.10. The molecule has 44 heavy (non-hydrogen) atoms. The zero-order chi connectivity index (χ0) is 30.9. The molecule has 4 aromatic rings. The van der Waals surface area contributed by atoms with Crippen molar-refractivity contribution in [1.82, 2.24) is 4.90 Å². The van der Waals surface area contributed by atoms with Crippen molar-refractivity contribution in [3.8, 4) is 5.75 Å². The molecule has 5 rings (SSSR count). The minimum Gasteiger partial charge on any atom is -0.492 e. The Morgan fingerprint density at radius 2 is 1.68 bits per heavy atom. The Hall–Kier alpha value is -3.93. The molecule has 230 valence electrons. The number of rotatable bonds is 13. The second-order valence-electron chi connectivity index (χ2n) is 11.7. The summed E-state index contributed by atoms with van der Waals surface area (Å²) in [6, 6.07) is 32.7. The first kappa shape index (κ1) is 31.5. The summed E-state index contributed by atoms with van der Waals surface area (Å²) in [6.45, 7) is 5.68. The Labute approximate surface area is 262 Å². The monoisotopic (exact) mass is 591 g/mol. The van der Waals surface area contributed by atoms with Crippen LogP contribution >= 0.6 is 0 Å². The molecule has 0 heterocycles. The number of fused-ring (bicyclic) bond motifs is 2. The molecule has 1 aliphatic rings. The molecule has 2 unspecified atom stereocenters. The van der Waals surface area contributed by atoms with E-state index in [1.807, 2.05) is 24.3 Å². The molecule has 5 nitrogen and oxygen atoms in total. The second-order valence-corrected chi connectivity index (χ2v) is 11.7. The molecule has 0 saturated heterocycles. The van der Waals surface area contributed by atoms with Crippen LogP contribution in [0, 0.1) is 6.92 Å². The molecule has 1 aliphatic carbocycles. The third-order valence-corrected chi connectivity index (χ3v) is 8.70. The Morgan fingerprint density at radius 3 is 2.43 bits per heavy atom. The Balaban J connectivity index is 1.29. The lowest BCUT2D eigenvalue weighted by molar-refractivity contribution is -0.154. The van der Waals surface area contributed by atoms with Crippen molar-refractivity contribution >= 4 is 5.97 Å². The van der Waals surface area contributed by atoms with Crippen LogP contribution in [0.1, 0.15) is 57.5 Å². The fourth-order valence-electron chi connectivity index (χ4n) is 6.36. The van der Waals surface area contributed by atoms with E-state index in [9.17, 15) is 4.79 Å². The zero-order valence-corrected chi connectivity index (χ0v) is 26.6. The zero-order valence-electron chi connectivity index (χ0n) is 26.6. The van der Waals surface area contributed by atoms with Crippen LogP contribution in [-0.2, 0) is 46.4 Å². The lowest BCUT2D eigenvalue weighted by atomic mass is 9.89. The van der Waals surface area contributed by atoms with Gasteiger partial charge in [-0.25, -0.2) is 4.79 Å². The third kappa shape index (κ3) is 7.77. The average Bonchev–Trinajstić information content (AvgIpc) is 3.20. The standard InChI is InChI=1S/C39H45NO4/c1-5-43-39(41)37(42-4)27-30-16-20-33(21-17-30)44-25-24-40(3)38-35-22-14-28(2)26-32(35)19-23-34-31(12-9-13-36(34)38)18-15-29-10-7-6-8-11-29/h6-14,16-17,20-22,26,37-38H,5,15,18-19,23-25,27H2,1-4H3. The molecule has 0 aromatic heterocycles. The van der Waals surface area contributed by atoms with Crippen LogP contribution in [0.4, 0.5) is 0 Å². The van der Waals surface area contributed by atoms with Gasteiger partial charge in [-0.3, -0.25) is 4.90 Å². The number of ether oxygens (including phenoxy) is 3. The quantitative estimate of drug-likeness (QED) is 0.155. The maximum atomic E-state index is 12.1. The molecule has 0 fully saturated rings. The van der Waals surface area contributed by atoms with Crippen LogP contribution in [0.25, 0.3) is 0 Å². The lowest BCUT2D eigenvalue weighted by Crippen LogP contribution is -2.30. The van der Waals surface area contributed by atoms with Crippen LogP contribution in [0.3, 0.4) is 0 Å². The highest BCUT2D eigenvalue weighted by Gasteiger charge is 2.28. The average molecular weight is 592 g/mol. The number of hydrogen-bond acceptors (Lipinski definition) is 5. The highest BCUT2D eigenvalue weighted by atomic mass is 16.6. The van der Waals surface area contributed by atoms with Crippen molar-refractivity contribution in [2.24, 2.45) is 0 Å². The van der Waals surface area contributed by atoms with E-state index in [1.54, 1.807) is 6.92 Å². The van der Waals surface area contributed by atoms with Crippen molar-refractivity contribution in [3.05, 3.63) is 136 Å². The smallest absolute Gasteiger partial charge is 0.335 e. The normalized spacial score (nSPS) is 14.8. The van der Waals surface area contributed by atoms with E-state index in [2.05, 4.69) is 85.6 Å².